The van der Waals surface area contributed by atoms with Gasteiger partial charge in [-0.2, -0.15) is 0 Å². The van der Waals surface area contributed by atoms with E-state index in [1.54, 1.807) is 6.20 Å². The molecule has 5 heteroatoms. The second-order valence-electron chi connectivity index (χ2n) is 2.87. The highest BCUT2D eigenvalue weighted by Gasteiger charge is 2.11. The lowest BCUT2D eigenvalue weighted by atomic mass is 10.2. The molecule has 1 aromatic heterocycles. The Labute approximate surface area is 81.0 Å². The van der Waals surface area contributed by atoms with Crippen LogP contribution in [0.1, 0.15) is 5.56 Å². The monoisotopic (exact) mass is 194 g/mol. The van der Waals surface area contributed by atoms with E-state index in [2.05, 4.69) is 15.0 Å². The molecule has 74 valence electrons. The molecule has 0 unspecified atom stereocenters. The minimum Gasteiger partial charge on any atom is -0.488 e. The van der Waals surface area contributed by atoms with Crippen LogP contribution in [0.4, 0.5) is 5.82 Å². The number of hydrogen-bond acceptors (Lipinski definition) is 5. The number of nitrogens with one attached hydrogen (secondary N) is 1. The standard InChI is InChI=1S/C9H10N2O3/c12-6-13-5-7-3-8-9(11-4-7)10-1-2-14-8/h3-4,6H,1-2,5H2,(H,10,11). The lowest BCUT2D eigenvalue weighted by molar-refractivity contribution is -0.129. The minimum absolute atomic E-state index is 0.229. The fraction of sp³-hybridized carbons (Fsp3) is 0.333. The summed E-state index contributed by atoms with van der Waals surface area (Å²) in [5.41, 5.74) is 0.819. The molecule has 0 saturated carbocycles. The third kappa shape index (κ3) is 1.76. The van der Waals surface area contributed by atoms with Crippen LogP contribution in [0.5, 0.6) is 5.75 Å². The number of carbonyl (C=O) groups is 1. The maximum Gasteiger partial charge on any atom is 0.293 e. The normalized spacial score (nSPS) is 13.4. The Morgan fingerprint density at radius 3 is 3.50 bits per heavy atom. The third-order valence-corrected chi connectivity index (χ3v) is 1.88. The maximum atomic E-state index is 9.98. The van der Waals surface area contributed by atoms with Gasteiger partial charge in [-0.1, -0.05) is 0 Å². The Balaban J connectivity index is 2.16. The van der Waals surface area contributed by atoms with E-state index in [1.807, 2.05) is 6.07 Å². The molecular formula is C9H10N2O3. The van der Waals surface area contributed by atoms with Gasteiger partial charge < -0.3 is 14.8 Å². The average Bonchev–Trinajstić information content (AvgIpc) is 2.26. The van der Waals surface area contributed by atoms with Crippen molar-refractivity contribution in [2.45, 2.75) is 6.61 Å². The zero-order chi connectivity index (χ0) is 9.80. The van der Waals surface area contributed by atoms with Gasteiger partial charge in [-0.15, -0.1) is 0 Å². The largest absolute Gasteiger partial charge is 0.488 e. The molecule has 0 fully saturated rings. The quantitative estimate of drug-likeness (QED) is 0.712. The molecule has 1 aliphatic heterocycles. The number of aromatic nitrogens is 1. The van der Waals surface area contributed by atoms with Gasteiger partial charge in [0.15, 0.2) is 11.6 Å². The van der Waals surface area contributed by atoms with Crippen molar-refractivity contribution in [1.29, 1.82) is 0 Å². The molecule has 2 heterocycles. The van der Waals surface area contributed by atoms with E-state index in [4.69, 9.17) is 4.74 Å². The summed E-state index contributed by atoms with van der Waals surface area (Å²) in [5, 5.41) is 3.10. The van der Waals surface area contributed by atoms with E-state index in [9.17, 15) is 4.79 Å². The van der Waals surface area contributed by atoms with Crippen LogP contribution in [0, 0.1) is 0 Å². The zero-order valence-electron chi connectivity index (χ0n) is 7.53. The first-order valence-electron chi connectivity index (χ1n) is 4.31. The summed E-state index contributed by atoms with van der Waals surface area (Å²) in [4.78, 5) is 14.1. The highest BCUT2D eigenvalue weighted by atomic mass is 16.5. The summed E-state index contributed by atoms with van der Waals surface area (Å²) in [6, 6.07) is 1.82. The second kappa shape index (κ2) is 3.95. The summed E-state index contributed by atoms with van der Waals surface area (Å²) >= 11 is 0. The van der Waals surface area contributed by atoms with Crippen LogP contribution in [0.2, 0.25) is 0 Å². The molecule has 5 nitrogen and oxygen atoms in total. The number of anilines is 1. The summed E-state index contributed by atoms with van der Waals surface area (Å²) in [6.07, 6.45) is 1.66. The fourth-order valence-electron chi connectivity index (χ4n) is 1.27. The van der Waals surface area contributed by atoms with Gasteiger partial charge in [0, 0.05) is 11.8 Å². The molecule has 0 aliphatic carbocycles. The molecule has 0 amide bonds. The van der Waals surface area contributed by atoms with Crippen LogP contribution in [-0.2, 0) is 16.1 Å². The number of carbonyl (C=O) groups excluding carboxylic acids is 1. The van der Waals surface area contributed by atoms with Crippen LogP contribution in [0.3, 0.4) is 0 Å². The third-order valence-electron chi connectivity index (χ3n) is 1.88. The van der Waals surface area contributed by atoms with E-state index in [0.29, 0.717) is 18.8 Å². The number of pyridine rings is 1. The summed E-state index contributed by atoms with van der Waals surface area (Å²) in [7, 11) is 0. The Bertz CT molecular complexity index is 341. The minimum atomic E-state index is 0.229. The Kier molecular flexibility index (Phi) is 2.48. The van der Waals surface area contributed by atoms with Gasteiger partial charge in [0.25, 0.3) is 6.47 Å². The van der Waals surface area contributed by atoms with Gasteiger partial charge in [-0.3, -0.25) is 4.79 Å². The van der Waals surface area contributed by atoms with Crippen molar-refractivity contribution in [3.8, 4) is 5.75 Å². The number of ether oxygens (including phenoxy) is 2. The van der Waals surface area contributed by atoms with E-state index in [-0.39, 0.29) is 6.61 Å². The van der Waals surface area contributed by atoms with Crippen LogP contribution in [-0.4, -0.2) is 24.6 Å². The lowest BCUT2D eigenvalue weighted by Crippen LogP contribution is -2.19. The van der Waals surface area contributed by atoms with Crippen molar-refractivity contribution in [2.75, 3.05) is 18.5 Å². The molecule has 0 atom stereocenters. The molecule has 0 saturated heterocycles. The van der Waals surface area contributed by atoms with Gasteiger partial charge in [0.05, 0.1) is 6.54 Å². The van der Waals surface area contributed by atoms with Gasteiger partial charge in [0.1, 0.15) is 13.2 Å². The van der Waals surface area contributed by atoms with Crippen molar-refractivity contribution >= 4 is 12.3 Å². The Morgan fingerprint density at radius 1 is 1.71 bits per heavy atom. The predicted octanol–water partition coefficient (Wildman–Crippen LogP) is 0.559. The number of nitrogens with zero attached hydrogens (tertiary/aromatic N) is 1. The SMILES string of the molecule is O=COCc1cnc2c(c1)OCCN2. The highest BCUT2D eigenvalue weighted by Crippen LogP contribution is 2.25. The summed E-state index contributed by atoms with van der Waals surface area (Å²) < 4.78 is 9.99. The first-order valence-corrected chi connectivity index (χ1v) is 4.31. The molecule has 0 radical (unpaired) electrons. The lowest BCUT2D eigenvalue weighted by Gasteiger charge is -2.18. The average molecular weight is 194 g/mol. The van der Waals surface area contributed by atoms with E-state index in [1.165, 1.54) is 0 Å². The number of rotatable bonds is 3. The molecule has 1 aromatic rings. The number of fused-ring (bicyclic) bond motifs is 1. The van der Waals surface area contributed by atoms with Crippen molar-refractivity contribution < 1.29 is 14.3 Å². The Hall–Kier alpha value is -1.78. The fourth-order valence-corrected chi connectivity index (χ4v) is 1.27. The molecule has 1 aliphatic rings. The predicted molar refractivity (Wildman–Crippen MR) is 49.1 cm³/mol. The van der Waals surface area contributed by atoms with E-state index >= 15 is 0 Å². The van der Waals surface area contributed by atoms with Crippen LogP contribution in [0.15, 0.2) is 12.3 Å². The van der Waals surface area contributed by atoms with Crippen LogP contribution < -0.4 is 10.1 Å². The van der Waals surface area contributed by atoms with Gasteiger partial charge in [0.2, 0.25) is 0 Å². The molecule has 0 aromatic carbocycles. The maximum absolute atomic E-state index is 9.98. The molecule has 1 N–H and O–H groups in total. The first-order chi connectivity index (χ1) is 6.90. The van der Waals surface area contributed by atoms with Gasteiger partial charge >= 0.3 is 0 Å². The van der Waals surface area contributed by atoms with E-state index < -0.39 is 0 Å². The van der Waals surface area contributed by atoms with Gasteiger partial charge in [-0.25, -0.2) is 4.98 Å². The van der Waals surface area contributed by atoms with Crippen LogP contribution in [0.25, 0.3) is 0 Å². The molecule has 2 rings (SSSR count). The topological polar surface area (TPSA) is 60.5 Å². The summed E-state index contributed by atoms with van der Waals surface area (Å²) in [6.45, 7) is 2.04. The van der Waals surface area contributed by atoms with Crippen molar-refractivity contribution in [3.63, 3.8) is 0 Å². The second-order valence-corrected chi connectivity index (χ2v) is 2.87. The molecule has 0 bridgehead atoms. The van der Waals surface area contributed by atoms with Crippen molar-refractivity contribution in [3.05, 3.63) is 17.8 Å². The smallest absolute Gasteiger partial charge is 0.293 e. The van der Waals surface area contributed by atoms with Gasteiger partial charge in [-0.05, 0) is 6.07 Å². The molecule has 0 spiro atoms. The molecular weight excluding hydrogens is 184 g/mol. The number of hydrogen-bond donors (Lipinski definition) is 1. The van der Waals surface area contributed by atoms with E-state index in [0.717, 1.165) is 17.9 Å². The van der Waals surface area contributed by atoms with Crippen molar-refractivity contribution in [1.82, 2.24) is 4.98 Å². The first kappa shape index (κ1) is 8.80. The van der Waals surface area contributed by atoms with Crippen LogP contribution >= 0.6 is 0 Å². The van der Waals surface area contributed by atoms with Crippen molar-refractivity contribution in [2.24, 2.45) is 0 Å². The summed E-state index contributed by atoms with van der Waals surface area (Å²) in [5.74, 6) is 1.45. The molecule has 14 heavy (non-hydrogen) atoms. The highest BCUT2D eigenvalue weighted by molar-refractivity contribution is 5.52. The Morgan fingerprint density at radius 2 is 2.64 bits per heavy atom. The zero-order valence-corrected chi connectivity index (χ0v) is 7.53.